The molecule has 2 rings (SSSR count). The van der Waals surface area contributed by atoms with Crippen LogP contribution in [0.4, 0.5) is 0 Å². The van der Waals surface area contributed by atoms with Gasteiger partial charge in [-0.05, 0) is 12.5 Å². The summed E-state index contributed by atoms with van der Waals surface area (Å²) in [5.74, 6) is -0.135. The lowest BCUT2D eigenvalue weighted by atomic mass is 9.90. The Morgan fingerprint density at radius 2 is 1.94 bits per heavy atom. The van der Waals surface area contributed by atoms with Gasteiger partial charge in [-0.1, -0.05) is 30.3 Å². The summed E-state index contributed by atoms with van der Waals surface area (Å²) >= 11 is 0. The molecule has 0 bridgehead atoms. The summed E-state index contributed by atoms with van der Waals surface area (Å²) in [6.07, 6.45) is -0.393. The molecule has 0 unspecified atom stereocenters. The average molecular weight is 257 g/mol. The Kier molecular flexibility index (Phi) is 4.14. The number of β-amino-alcohol motifs (C(OH)–C–C–N with tert-alkyl or cyclic N) is 1. The number of nitrogens with zero attached hydrogens (tertiary/aromatic N) is 1. The SMILES string of the molecule is C[C@@](N)(C(=O)N1CC(O)C1)c1ccccc1.Cl. The van der Waals surface area contributed by atoms with Gasteiger partial charge in [0, 0.05) is 13.1 Å². The van der Waals surface area contributed by atoms with E-state index in [0.717, 1.165) is 5.56 Å². The van der Waals surface area contributed by atoms with Gasteiger partial charge in [0.05, 0.1) is 6.10 Å². The highest BCUT2D eigenvalue weighted by Crippen LogP contribution is 2.23. The fourth-order valence-corrected chi connectivity index (χ4v) is 1.86. The molecule has 0 aliphatic carbocycles. The van der Waals surface area contributed by atoms with Gasteiger partial charge in [-0.2, -0.15) is 0 Å². The maximum Gasteiger partial charge on any atom is 0.247 e. The van der Waals surface area contributed by atoms with Crippen molar-refractivity contribution in [1.29, 1.82) is 0 Å². The Bertz CT molecular complexity index is 389. The summed E-state index contributed by atoms with van der Waals surface area (Å²) < 4.78 is 0. The van der Waals surface area contributed by atoms with Crippen molar-refractivity contribution in [3.8, 4) is 0 Å². The van der Waals surface area contributed by atoms with Crippen molar-refractivity contribution in [1.82, 2.24) is 4.90 Å². The van der Waals surface area contributed by atoms with Crippen LogP contribution in [0.15, 0.2) is 30.3 Å². The molecule has 1 saturated heterocycles. The molecular formula is C12H17ClN2O2. The number of aliphatic hydroxyl groups excluding tert-OH is 1. The number of aliphatic hydroxyl groups is 1. The van der Waals surface area contributed by atoms with E-state index in [1.807, 2.05) is 30.3 Å². The van der Waals surface area contributed by atoms with Crippen molar-refractivity contribution >= 4 is 18.3 Å². The lowest BCUT2D eigenvalue weighted by Crippen LogP contribution is -2.60. The fraction of sp³-hybridized carbons (Fsp3) is 0.417. The minimum Gasteiger partial charge on any atom is -0.389 e. The zero-order chi connectivity index (χ0) is 11.8. The van der Waals surface area contributed by atoms with Gasteiger partial charge < -0.3 is 15.7 Å². The van der Waals surface area contributed by atoms with E-state index in [0.29, 0.717) is 13.1 Å². The molecule has 1 fully saturated rings. The first-order valence-electron chi connectivity index (χ1n) is 5.33. The number of nitrogens with two attached hydrogens (primary N) is 1. The summed E-state index contributed by atoms with van der Waals surface area (Å²) in [6.45, 7) is 2.48. The van der Waals surface area contributed by atoms with Crippen LogP contribution in [0.25, 0.3) is 0 Å². The van der Waals surface area contributed by atoms with E-state index in [-0.39, 0.29) is 18.3 Å². The fourth-order valence-electron chi connectivity index (χ4n) is 1.86. The van der Waals surface area contributed by atoms with E-state index in [9.17, 15) is 4.79 Å². The van der Waals surface area contributed by atoms with Gasteiger partial charge in [-0.3, -0.25) is 4.79 Å². The van der Waals surface area contributed by atoms with Gasteiger partial charge in [-0.15, -0.1) is 12.4 Å². The average Bonchev–Trinajstić information content (AvgIpc) is 2.25. The third-order valence-corrected chi connectivity index (χ3v) is 2.97. The second-order valence-electron chi connectivity index (χ2n) is 4.43. The molecule has 5 heteroatoms. The number of benzene rings is 1. The highest BCUT2D eigenvalue weighted by Gasteiger charge is 2.39. The zero-order valence-corrected chi connectivity index (χ0v) is 10.5. The Labute approximate surface area is 107 Å². The summed E-state index contributed by atoms with van der Waals surface area (Å²) in [4.78, 5) is 13.7. The van der Waals surface area contributed by atoms with Crippen molar-refractivity contribution in [2.24, 2.45) is 5.73 Å². The first kappa shape index (κ1) is 14.0. The molecule has 94 valence electrons. The third-order valence-electron chi connectivity index (χ3n) is 2.97. The van der Waals surface area contributed by atoms with Gasteiger partial charge in [0.15, 0.2) is 0 Å². The highest BCUT2D eigenvalue weighted by atomic mass is 35.5. The Balaban J connectivity index is 0.00000144. The van der Waals surface area contributed by atoms with Crippen LogP contribution in [0.3, 0.4) is 0 Å². The first-order valence-corrected chi connectivity index (χ1v) is 5.33. The number of carbonyl (C=O) groups is 1. The molecule has 1 aromatic rings. The standard InChI is InChI=1S/C12H16N2O2.ClH/c1-12(13,9-5-3-2-4-6-9)11(16)14-7-10(15)8-14;/h2-6,10,15H,7-8,13H2,1H3;1H/t12-;/m0./s1. The van der Waals surface area contributed by atoms with Crippen LogP contribution >= 0.6 is 12.4 Å². The molecule has 0 aromatic heterocycles. The summed E-state index contributed by atoms with van der Waals surface area (Å²) in [5, 5.41) is 9.17. The van der Waals surface area contributed by atoms with Gasteiger partial charge in [0.25, 0.3) is 0 Å². The Hall–Kier alpha value is -1.10. The molecule has 3 N–H and O–H groups in total. The lowest BCUT2D eigenvalue weighted by Gasteiger charge is -2.40. The first-order chi connectivity index (χ1) is 7.51. The molecular weight excluding hydrogens is 240 g/mol. The minimum absolute atomic E-state index is 0. The Morgan fingerprint density at radius 3 is 2.41 bits per heavy atom. The minimum atomic E-state index is -1.01. The molecule has 17 heavy (non-hydrogen) atoms. The smallest absolute Gasteiger partial charge is 0.247 e. The van der Waals surface area contributed by atoms with Gasteiger partial charge in [-0.25, -0.2) is 0 Å². The van der Waals surface area contributed by atoms with E-state index in [2.05, 4.69) is 0 Å². The number of amides is 1. The van der Waals surface area contributed by atoms with Gasteiger partial charge in [0.2, 0.25) is 5.91 Å². The zero-order valence-electron chi connectivity index (χ0n) is 9.67. The molecule has 0 radical (unpaired) electrons. The topological polar surface area (TPSA) is 66.6 Å². The van der Waals surface area contributed by atoms with Crippen LogP contribution in [-0.2, 0) is 10.3 Å². The van der Waals surface area contributed by atoms with Crippen LogP contribution in [-0.4, -0.2) is 35.1 Å². The number of hydrogen-bond acceptors (Lipinski definition) is 3. The molecule has 1 amide bonds. The number of likely N-dealkylation sites (tertiary alicyclic amines) is 1. The van der Waals surface area contributed by atoms with Gasteiger partial charge in [0.1, 0.15) is 5.54 Å². The van der Waals surface area contributed by atoms with E-state index in [1.54, 1.807) is 11.8 Å². The van der Waals surface area contributed by atoms with Crippen LogP contribution in [0.2, 0.25) is 0 Å². The second-order valence-corrected chi connectivity index (χ2v) is 4.43. The highest BCUT2D eigenvalue weighted by molar-refractivity contribution is 5.87. The van der Waals surface area contributed by atoms with E-state index in [4.69, 9.17) is 10.8 Å². The van der Waals surface area contributed by atoms with Gasteiger partial charge >= 0.3 is 0 Å². The molecule has 0 saturated carbocycles. The summed E-state index contributed by atoms with van der Waals surface area (Å²) in [7, 11) is 0. The van der Waals surface area contributed by atoms with Crippen molar-refractivity contribution < 1.29 is 9.90 Å². The number of halogens is 1. The van der Waals surface area contributed by atoms with Crippen LogP contribution in [0.5, 0.6) is 0 Å². The van der Waals surface area contributed by atoms with Crippen molar-refractivity contribution in [3.05, 3.63) is 35.9 Å². The maximum atomic E-state index is 12.1. The van der Waals surface area contributed by atoms with Crippen LogP contribution in [0, 0.1) is 0 Å². The number of rotatable bonds is 2. The molecule has 4 nitrogen and oxygen atoms in total. The molecule has 0 spiro atoms. The molecule has 1 atom stereocenters. The van der Waals surface area contributed by atoms with E-state index < -0.39 is 11.6 Å². The molecule has 1 aliphatic heterocycles. The van der Waals surface area contributed by atoms with Crippen molar-refractivity contribution in [2.75, 3.05) is 13.1 Å². The third kappa shape index (κ3) is 2.60. The summed E-state index contributed by atoms with van der Waals surface area (Å²) in [6, 6.07) is 9.29. The maximum absolute atomic E-state index is 12.1. The van der Waals surface area contributed by atoms with E-state index in [1.165, 1.54) is 0 Å². The normalized spacial score (nSPS) is 18.9. The van der Waals surface area contributed by atoms with Crippen molar-refractivity contribution in [2.45, 2.75) is 18.6 Å². The monoisotopic (exact) mass is 256 g/mol. The molecule has 1 aliphatic rings. The van der Waals surface area contributed by atoms with Crippen molar-refractivity contribution in [3.63, 3.8) is 0 Å². The lowest BCUT2D eigenvalue weighted by molar-refractivity contribution is -0.147. The van der Waals surface area contributed by atoms with Crippen LogP contribution in [0.1, 0.15) is 12.5 Å². The predicted octanol–water partition coefficient (Wildman–Crippen LogP) is 0.485. The second kappa shape index (κ2) is 5.04. The van der Waals surface area contributed by atoms with Crippen LogP contribution < -0.4 is 5.73 Å². The molecule has 1 heterocycles. The molecule has 1 aromatic carbocycles. The quantitative estimate of drug-likeness (QED) is 0.809. The van der Waals surface area contributed by atoms with E-state index >= 15 is 0 Å². The summed E-state index contributed by atoms with van der Waals surface area (Å²) in [5.41, 5.74) is 5.85. The predicted molar refractivity (Wildman–Crippen MR) is 67.8 cm³/mol. The number of hydrogen-bond donors (Lipinski definition) is 2. The Morgan fingerprint density at radius 1 is 1.41 bits per heavy atom. The number of carbonyl (C=O) groups excluding carboxylic acids is 1. The largest absolute Gasteiger partial charge is 0.389 e.